The molecule has 7 nitrogen and oxygen atoms in total. The van der Waals surface area contributed by atoms with Crippen molar-refractivity contribution in [2.24, 2.45) is 5.92 Å². The first-order chi connectivity index (χ1) is 17.8. The SMILES string of the molecule is O=C1CCN(Cc2ccc(C(F)(F)F)cc2)CCCC(C(=O)N2CCN(c3ccccn3)CC2)CCN1. The second-order valence-electron chi connectivity index (χ2n) is 9.70. The van der Waals surface area contributed by atoms with Crippen LogP contribution < -0.4 is 10.2 Å². The molecule has 2 amide bonds. The Morgan fingerprint density at radius 3 is 2.41 bits per heavy atom. The molecule has 37 heavy (non-hydrogen) atoms. The van der Waals surface area contributed by atoms with Crippen molar-refractivity contribution < 1.29 is 22.8 Å². The van der Waals surface area contributed by atoms with E-state index in [4.69, 9.17) is 0 Å². The van der Waals surface area contributed by atoms with Gasteiger partial charge in [-0.15, -0.1) is 0 Å². The van der Waals surface area contributed by atoms with E-state index in [1.54, 1.807) is 6.20 Å². The van der Waals surface area contributed by atoms with Crippen LogP contribution in [0.2, 0.25) is 0 Å². The fourth-order valence-electron chi connectivity index (χ4n) is 4.97. The number of carbonyl (C=O) groups excluding carboxylic acids is 2. The van der Waals surface area contributed by atoms with Crippen molar-refractivity contribution in [1.29, 1.82) is 0 Å². The van der Waals surface area contributed by atoms with E-state index in [0.29, 0.717) is 58.5 Å². The molecule has 1 N–H and O–H groups in total. The van der Waals surface area contributed by atoms with Gasteiger partial charge in [0.1, 0.15) is 5.82 Å². The lowest BCUT2D eigenvalue weighted by molar-refractivity contribution is -0.138. The summed E-state index contributed by atoms with van der Waals surface area (Å²) in [6.45, 7) is 4.84. The number of nitrogens with zero attached hydrogens (tertiary/aromatic N) is 4. The molecule has 0 spiro atoms. The Hall–Kier alpha value is -3.14. The molecule has 2 aliphatic rings. The van der Waals surface area contributed by atoms with E-state index < -0.39 is 11.7 Å². The molecule has 0 saturated carbocycles. The number of halogens is 3. The lowest BCUT2D eigenvalue weighted by atomic mass is 9.97. The number of nitrogens with one attached hydrogen (secondary N) is 1. The molecule has 0 bridgehead atoms. The summed E-state index contributed by atoms with van der Waals surface area (Å²) in [7, 11) is 0. The zero-order valence-corrected chi connectivity index (χ0v) is 20.9. The van der Waals surface area contributed by atoms with Gasteiger partial charge in [-0.3, -0.25) is 14.5 Å². The number of alkyl halides is 3. The van der Waals surface area contributed by atoms with Crippen LogP contribution in [-0.4, -0.2) is 72.4 Å². The zero-order chi connectivity index (χ0) is 26.3. The van der Waals surface area contributed by atoms with Crippen molar-refractivity contribution in [3.8, 4) is 0 Å². The smallest absolute Gasteiger partial charge is 0.356 e. The lowest BCUT2D eigenvalue weighted by Gasteiger charge is -2.37. The Labute approximate surface area is 215 Å². The monoisotopic (exact) mass is 517 g/mol. The van der Waals surface area contributed by atoms with Crippen molar-refractivity contribution >= 4 is 17.6 Å². The summed E-state index contributed by atoms with van der Waals surface area (Å²) in [6, 6.07) is 11.0. The molecular weight excluding hydrogens is 483 g/mol. The van der Waals surface area contributed by atoms with E-state index >= 15 is 0 Å². The molecule has 1 aromatic carbocycles. The number of pyridine rings is 1. The number of anilines is 1. The third-order valence-electron chi connectivity index (χ3n) is 7.10. The Bertz CT molecular complexity index is 1020. The van der Waals surface area contributed by atoms with Crippen molar-refractivity contribution in [3.05, 3.63) is 59.8 Å². The quantitative estimate of drug-likeness (QED) is 0.672. The Kier molecular flexibility index (Phi) is 9.02. The summed E-state index contributed by atoms with van der Waals surface area (Å²) < 4.78 is 38.7. The number of rotatable bonds is 4. The van der Waals surface area contributed by atoms with Crippen LogP contribution in [0.5, 0.6) is 0 Å². The Morgan fingerprint density at radius 1 is 0.973 bits per heavy atom. The number of aromatic nitrogens is 1. The third kappa shape index (κ3) is 7.67. The number of benzene rings is 1. The topological polar surface area (TPSA) is 68.8 Å². The number of hydrogen-bond donors (Lipinski definition) is 1. The van der Waals surface area contributed by atoms with Crippen LogP contribution in [0.3, 0.4) is 0 Å². The first-order valence-electron chi connectivity index (χ1n) is 12.9. The Balaban J connectivity index is 1.33. The Morgan fingerprint density at radius 2 is 1.73 bits per heavy atom. The molecule has 1 atom stereocenters. The van der Waals surface area contributed by atoms with Gasteiger partial charge in [0.15, 0.2) is 0 Å². The maximum atomic E-state index is 13.4. The molecule has 2 saturated heterocycles. The highest BCUT2D eigenvalue weighted by Crippen LogP contribution is 2.29. The first-order valence-corrected chi connectivity index (χ1v) is 12.9. The maximum absolute atomic E-state index is 13.4. The minimum absolute atomic E-state index is 0.0745. The summed E-state index contributed by atoms with van der Waals surface area (Å²) in [5.74, 6) is 0.797. The standard InChI is InChI=1S/C27H34F3N5O2/c28-27(29,30)23-8-6-21(7-9-23)20-33-14-3-4-22(10-13-32-25(36)11-15-33)26(37)35-18-16-34(17-19-35)24-5-1-2-12-31-24/h1-2,5-9,12,22H,3-4,10-11,13-20H2,(H,32,36). The van der Waals surface area contributed by atoms with Crippen molar-refractivity contribution in [1.82, 2.24) is 20.1 Å². The summed E-state index contributed by atoms with van der Waals surface area (Å²) in [4.78, 5) is 36.3. The summed E-state index contributed by atoms with van der Waals surface area (Å²) in [5, 5.41) is 2.93. The molecular formula is C27H34F3N5O2. The van der Waals surface area contributed by atoms with Gasteiger partial charge in [0.05, 0.1) is 5.56 Å². The number of carbonyl (C=O) groups is 2. The minimum atomic E-state index is -4.36. The van der Waals surface area contributed by atoms with Gasteiger partial charge >= 0.3 is 6.18 Å². The van der Waals surface area contributed by atoms with Gasteiger partial charge in [0, 0.05) is 64.3 Å². The van der Waals surface area contributed by atoms with Crippen LogP contribution in [0, 0.1) is 5.92 Å². The average molecular weight is 518 g/mol. The predicted molar refractivity (Wildman–Crippen MR) is 135 cm³/mol. The van der Waals surface area contributed by atoms with E-state index in [2.05, 4.69) is 20.1 Å². The second-order valence-corrected chi connectivity index (χ2v) is 9.70. The molecule has 2 aliphatic heterocycles. The van der Waals surface area contributed by atoms with Gasteiger partial charge in [-0.2, -0.15) is 13.2 Å². The molecule has 1 aromatic heterocycles. The van der Waals surface area contributed by atoms with Crippen LogP contribution >= 0.6 is 0 Å². The predicted octanol–water partition coefficient (Wildman–Crippen LogP) is 3.56. The highest BCUT2D eigenvalue weighted by Gasteiger charge is 2.30. The number of piperazine rings is 1. The van der Waals surface area contributed by atoms with E-state index in [0.717, 1.165) is 43.0 Å². The average Bonchev–Trinajstić information content (AvgIpc) is 2.94. The summed E-state index contributed by atoms with van der Waals surface area (Å²) in [6.07, 6.45) is -0.195. The molecule has 4 rings (SSSR count). The van der Waals surface area contributed by atoms with E-state index in [1.165, 1.54) is 12.1 Å². The van der Waals surface area contributed by atoms with E-state index in [9.17, 15) is 22.8 Å². The van der Waals surface area contributed by atoms with Crippen LogP contribution in [0.1, 0.15) is 36.8 Å². The fraction of sp³-hybridized carbons (Fsp3) is 0.519. The molecule has 10 heteroatoms. The van der Waals surface area contributed by atoms with Crippen molar-refractivity contribution in [2.45, 2.75) is 38.4 Å². The summed E-state index contributed by atoms with van der Waals surface area (Å²) in [5.41, 5.74) is 0.0944. The molecule has 2 aromatic rings. The molecule has 200 valence electrons. The van der Waals surface area contributed by atoms with Crippen LogP contribution in [-0.2, 0) is 22.3 Å². The largest absolute Gasteiger partial charge is 0.416 e. The highest BCUT2D eigenvalue weighted by molar-refractivity contribution is 5.79. The van der Waals surface area contributed by atoms with Crippen LogP contribution in [0.25, 0.3) is 0 Å². The minimum Gasteiger partial charge on any atom is -0.356 e. The van der Waals surface area contributed by atoms with Gasteiger partial charge in [0.2, 0.25) is 11.8 Å². The van der Waals surface area contributed by atoms with Gasteiger partial charge in [0.25, 0.3) is 0 Å². The molecule has 3 heterocycles. The molecule has 2 fully saturated rings. The van der Waals surface area contributed by atoms with Gasteiger partial charge < -0.3 is 15.1 Å². The lowest BCUT2D eigenvalue weighted by Crippen LogP contribution is -2.51. The zero-order valence-electron chi connectivity index (χ0n) is 20.9. The van der Waals surface area contributed by atoms with Gasteiger partial charge in [-0.05, 0) is 55.6 Å². The van der Waals surface area contributed by atoms with Crippen LogP contribution in [0.15, 0.2) is 48.7 Å². The molecule has 1 unspecified atom stereocenters. The highest BCUT2D eigenvalue weighted by atomic mass is 19.4. The molecule has 0 aliphatic carbocycles. The van der Waals surface area contributed by atoms with Crippen molar-refractivity contribution in [2.75, 3.05) is 50.7 Å². The van der Waals surface area contributed by atoms with E-state index in [1.807, 2.05) is 23.1 Å². The summed E-state index contributed by atoms with van der Waals surface area (Å²) >= 11 is 0. The fourth-order valence-corrected chi connectivity index (χ4v) is 4.97. The van der Waals surface area contributed by atoms with E-state index in [-0.39, 0.29) is 17.7 Å². The van der Waals surface area contributed by atoms with Gasteiger partial charge in [-0.1, -0.05) is 18.2 Å². The third-order valence-corrected chi connectivity index (χ3v) is 7.10. The van der Waals surface area contributed by atoms with Gasteiger partial charge in [-0.25, -0.2) is 4.98 Å². The molecule has 0 radical (unpaired) electrons. The second kappa shape index (κ2) is 12.4. The number of hydrogen-bond acceptors (Lipinski definition) is 5. The first kappa shape index (κ1) is 26.9. The number of amides is 2. The normalized spacial score (nSPS) is 20.7. The maximum Gasteiger partial charge on any atom is 0.416 e. The van der Waals surface area contributed by atoms with Crippen molar-refractivity contribution in [3.63, 3.8) is 0 Å². The van der Waals surface area contributed by atoms with Crippen LogP contribution in [0.4, 0.5) is 19.0 Å².